The van der Waals surface area contributed by atoms with Crippen molar-refractivity contribution in [1.82, 2.24) is 0 Å². The van der Waals surface area contributed by atoms with Crippen molar-refractivity contribution in [2.45, 2.75) is 83.0 Å². The van der Waals surface area contributed by atoms with E-state index in [9.17, 15) is 8.42 Å². The van der Waals surface area contributed by atoms with Crippen LogP contribution in [0.3, 0.4) is 0 Å². The first-order chi connectivity index (χ1) is 10.9. The quantitative estimate of drug-likeness (QED) is 0.408. The third kappa shape index (κ3) is 7.49. The summed E-state index contributed by atoms with van der Waals surface area (Å²) in [6.07, 6.45) is 10.1. The molecule has 1 rings (SSSR count). The van der Waals surface area contributed by atoms with Crippen LogP contribution in [0.25, 0.3) is 0 Å². The van der Waals surface area contributed by atoms with Crippen molar-refractivity contribution in [3.8, 4) is 0 Å². The van der Waals surface area contributed by atoms with Gasteiger partial charge in [0.15, 0.2) is 0 Å². The Hall–Kier alpha value is -0.870. The van der Waals surface area contributed by atoms with Crippen molar-refractivity contribution in [2.24, 2.45) is 5.92 Å². The zero-order valence-electron chi connectivity index (χ0n) is 14.8. The van der Waals surface area contributed by atoms with E-state index in [0.717, 1.165) is 18.4 Å². The van der Waals surface area contributed by atoms with Gasteiger partial charge in [-0.2, -0.15) is 8.42 Å². The molecule has 0 aromatic heterocycles. The Balaban J connectivity index is 2.52. The summed E-state index contributed by atoms with van der Waals surface area (Å²) in [7, 11) is -4.09. The lowest BCUT2D eigenvalue weighted by Gasteiger charge is -2.20. The van der Waals surface area contributed by atoms with Crippen LogP contribution in [-0.2, 0) is 10.1 Å². The van der Waals surface area contributed by atoms with Crippen LogP contribution < -0.4 is 0 Å². The maximum Gasteiger partial charge on any atom is 0.294 e. The second kappa shape index (κ2) is 10.1. The Kier molecular flexibility index (Phi) is 8.85. The summed E-state index contributed by atoms with van der Waals surface area (Å²) in [6, 6.07) is 6.68. The zero-order chi connectivity index (χ0) is 17.3. The molecule has 0 fully saturated rings. The molecule has 0 saturated carbocycles. The topological polar surface area (TPSA) is 54.4 Å². The number of benzene rings is 1. The van der Waals surface area contributed by atoms with E-state index in [1.165, 1.54) is 50.7 Å². The molecule has 3 nitrogen and oxygen atoms in total. The van der Waals surface area contributed by atoms with E-state index in [1.54, 1.807) is 0 Å². The van der Waals surface area contributed by atoms with Gasteiger partial charge in [0.05, 0.1) is 4.90 Å². The second-order valence-electron chi connectivity index (χ2n) is 6.69. The zero-order valence-corrected chi connectivity index (χ0v) is 15.6. The van der Waals surface area contributed by atoms with Gasteiger partial charge in [-0.05, 0) is 42.4 Å². The van der Waals surface area contributed by atoms with Crippen molar-refractivity contribution in [3.05, 3.63) is 29.8 Å². The van der Waals surface area contributed by atoms with Crippen LogP contribution >= 0.6 is 0 Å². The molecule has 0 aliphatic rings. The summed E-state index contributed by atoms with van der Waals surface area (Å²) in [5.74, 6) is 1.14. The molecule has 1 aromatic rings. The number of hydrogen-bond acceptors (Lipinski definition) is 2. The van der Waals surface area contributed by atoms with Crippen LogP contribution in [-0.4, -0.2) is 13.0 Å². The van der Waals surface area contributed by atoms with Crippen molar-refractivity contribution < 1.29 is 13.0 Å². The van der Waals surface area contributed by atoms with E-state index in [-0.39, 0.29) is 4.90 Å². The molecule has 0 aliphatic heterocycles. The molecule has 0 radical (unpaired) electrons. The normalized spacial score (nSPS) is 14.6. The van der Waals surface area contributed by atoms with Gasteiger partial charge in [-0.1, -0.05) is 71.4 Å². The Morgan fingerprint density at radius 2 is 1.61 bits per heavy atom. The van der Waals surface area contributed by atoms with Gasteiger partial charge in [-0.25, -0.2) is 0 Å². The largest absolute Gasteiger partial charge is 0.294 e. The highest BCUT2D eigenvalue weighted by Gasteiger charge is 2.15. The van der Waals surface area contributed by atoms with Gasteiger partial charge in [0.25, 0.3) is 10.1 Å². The van der Waals surface area contributed by atoms with E-state index in [2.05, 4.69) is 20.8 Å². The summed E-state index contributed by atoms with van der Waals surface area (Å²) >= 11 is 0. The minimum atomic E-state index is -4.09. The van der Waals surface area contributed by atoms with Crippen LogP contribution in [0.5, 0.6) is 0 Å². The summed E-state index contributed by atoms with van der Waals surface area (Å²) < 4.78 is 31.3. The first-order valence-corrected chi connectivity index (χ1v) is 10.4. The fourth-order valence-corrected chi connectivity index (χ4v) is 3.63. The Morgan fingerprint density at radius 3 is 2.13 bits per heavy atom. The second-order valence-corrected chi connectivity index (χ2v) is 8.11. The lowest BCUT2D eigenvalue weighted by molar-refractivity contribution is 0.412. The average Bonchev–Trinajstić information content (AvgIpc) is 2.51. The van der Waals surface area contributed by atoms with Crippen LogP contribution in [0.15, 0.2) is 29.2 Å². The van der Waals surface area contributed by atoms with Gasteiger partial charge < -0.3 is 0 Å². The molecule has 1 N–H and O–H groups in total. The van der Waals surface area contributed by atoms with Crippen molar-refractivity contribution in [3.63, 3.8) is 0 Å². The van der Waals surface area contributed by atoms with Gasteiger partial charge in [-0.3, -0.25) is 4.55 Å². The van der Waals surface area contributed by atoms with Crippen molar-refractivity contribution >= 4 is 10.1 Å². The maximum atomic E-state index is 11.1. The number of rotatable bonds is 11. The lowest BCUT2D eigenvalue weighted by atomic mass is 9.85. The monoisotopic (exact) mass is 340 g/mol. The predicted molar refractivity (Wildman–Crippen MR) is 96.4 cm³/mol. The van der Waals surface area contributed by atoms with Crippen LogP contribution in [0, 0.1) is 5.92 Å². The summed E-state index contributed by atoms with van der Waals surface area (Å²) in [5.41, 5.74) is 1.16. The van der Waals surface area contributed by atoms with Crippen LogP contribution in [0.2, 0.25) is 0 Å². The highest BCUT2D eigenvalue weighted by Crippen LogP contribution is 2.30. The van der Waals surface area contributed by atoms with Crippen LogP contribution in [0.1, 0.15) is 83.6 Å². The summed E-state index contributed by atoms with van der Waals surface area (Å²) in [4.78, 5) is -0.0277. The average molecular weight is 341 g/mol. The molecule has 1 aromatic carbocycles. The molecule has 2 atom stereocenters. The number of hydrogen-bond donors (Lipinski definition) is 1. The van der Waals surface area contributed by atoms with E-state index in [0.29, 0.717) is 11.8 Å². The fourth-order valence-electron chi connectivity index (χ4n) is 3.15. The van der Waals surface area contributed by atoms with Gasteiger partial charge in [0.1, 0.15) is 0 Å². The third-order valence-electron chi connectivity index (χ3n) is 4.63. The fraction of sp³-hybridized carbons (Fsp3) is 0.684. The number of unbranched alkanes of at least 4 members (excludes halogenated alkanes) is 4. The summed E-state index contributed by atoms with van der Waals surface area (Å²) in [6.45, 7) is 6.73. The molecule has 2 unspecified atom stereocenters. The smallest absolute Gasteiger partial charge is 0.282 e. The van der Waals surface area contributed by atoms with E-state index in [4.69, 9.17) is 4.55 Å². The first kappa shape index (κ1) is 20.2. The van der Waals surface area contributed by atoms with Gasteiger partial charge in [0, 0.05) is 0 Å². The molecule has 0 bridgehead atoms. The standard InChI is InChI=1S/C19H32O3S/c1-4-6-7-8-9-10-16(3)15-17(5-2)18-11-13-19(14-12-18)23(20,21)22/h11-14,16-17H,4-10,15H2,1-3H3,(H,20,21,22). The van der Waals surface area contributed by atoms with E-state index >= 15 is 0 Å². The van der Waals surface area contributed by atoms with E-state index < -0.39 is 10.1 Å². The van der Waals surface area contributed by atoms with Gasteiger partial charge in [-0.15, -0.1) is 0 Å². The minimum Gasteiger partial charge on any atom is -0.282 e. The molecule has 0 spiro atoms. The van der Waals surface area contributed by atoms with Crippen molar-refractivity contribution in [2.75, 3.05) is 0 Å². The van der Waals surface area contributed by atoms with Gasteiger partial charge in [0.2, 0.25) is 0 Å². The predicted octanol–water partition coefficient (Wildman–Crippen LogP) is 5.81. The molecule has 0 heterocycles. The SMILES string of the molecule is CCCCCCCC(C)CC(CC)c1ccc(S(=O)(=O)O)cc1. The van der Waals surface area contributed by atoms with Crippen LogP contribution in [0.4, 0.5) is 0 Å². The molecular formula is C19H32O3S. The minimum absolute atomic E-state index is 0.0277. The molecule has 23 heavy (non-hydrogen) atoms. The van der Waals surface area contributed by atoms with Gasteiger partial charge >= 0.3 is 0 Å². The van der Waals surface area contributed by atoms with E-state index in [1.807, 2.05) is 12.1 Å². The highest BCUT2D eigenvalue weighted by atomic mass is 32.2. The lowest BCUT2D eigenvalue weighted by Crippen LogP contribution is -2.06. The molecule has 0 saturated heterocycles. The molecular weight excluding hydrogens is 308 g/mol. The van der Waals surface area contributed by atoms with Crippen molar-refractivity contribution in [1.29, 1.82) is 0 Å². The molecule has 4 heteroatoms. The third-order valence-corrected chi connectivity index (χ3v) is 5.50. The molecule has 132 valence electrons. The Morgan fingerprint density at radius 1 is 1.00 bits per heavy atom. The first-order valence-electron chi connectivity index (χ1n) is 8.95. The maximum absolute atomic E-state index is 11.1. The highest BCUT2D eigenvalue weighted by molar-refractivity contribution is 7.85. The Labute approximate surface area is 142 Å². The molecule has 0 aliphatic carbocycles. The Bertz CT molecular complexity index is 534. The summed E-state index contributed by atoms with van der Waals surface area (Å²) in [5, 5.41) is 0. The molecule has 0 amide bonds.